The van der Waals surface area contributed by atoms with Gasteiger partial charge in [0.15, 0.2) is 5.78 Å². The molecule has 3 nitrogen and oxygen atoms in total. The van der Waals surface area contributed by atoms with E-state index in [1.807, 2.05) is 12.1 Å². The number of ether oxygens (including phenoxy) is 1. The van der Waals surface area contributed by atoms with Crippen molar-refractivity contribution in [1.29, 1.82) is 0 Å². The largest absolute Gasteiger partial charge is 0.497 e. The first-order chi connectivity index (χ1) is 7.63. The summed E-state index contributed by atoms with van der Waals surface area (Å²) in [5, 5.41) is 0. The summed E-state index contributed by atoms with van der Waals surface area (Å²) in [5.74, 6) is 0.0991. The number of hydrogen-bond acceptors (Lipinski definition) is 3. The number of fused-ring (bicyclic) bond motifs is 1. The summed E-state index contributed by atoms with van der Waals surface area (Å²) in [5.41, 5.74) is 1.66. The molecular weight excluding hydrogens is 204 g/mol. The van der Waals surface area contributed by atoms with Crippen molar-refractivity contribution in [1.82, 2.24) is 0 Å². The highest BCUT2D eigenvalue weighted by molar-refractivity contribution is 6.11. The Morgan fingerprint density at radius 1 is 1.44 bits per heavy atom. The first-order valence-electron chi connectivity index (χ1n) is 5.35. The third-order valence-electron chi connectivity index (χ3n) is 3.09. The topological polar surface area (TPSA) is 43.4 Å². The zero-order valence-electron chi connectivity index (χ0n) is 9.45. The highest BCUT2D eigenvalue weighted by Gasteiger charge is 2.30. The zero-order valence-corrected chi connectivity index (χ0v) is 9.45. The summed E-state index contributed by atoms with van der Waals surface area (Å²) >= 11 is 0. The average Bonchev–Trinajstić information content (AvgIpc) is 2.28. The fraction of sp³-hybridized carbons (Fsp3) is 0.385. The Balaban J connectivity index is 2.42. The zero-order chi connectivity index (χ0) is 11.7. The third-order valence-corrected chi connectivity index (χ3v) is 3.09. The van der Waals surface area contributed by atoms with Crippen LogP contribution in [0.4, 0.5) is 0 Å². The van der Waals surface area contributed by atoms with Crippen LogP contribution < -0.4 is 4.74 Å². The normalized spacial score (nSPS) is 19.1. The minimum absolute atomic E-state index is 0.0431. The average molecular weight is 218 g/mol. The lowest BCUT2D eigenvalue weighted by atomic mass is 9.81. The number of aryl methyl sites for hydroxylation is 1. The lowest BCUT2D eigenvalue weighted by molar-refractivity contribution is -0.119. The standard InChI is InChI=1S/C13H14O3/c1-8(14)11-6-4-9-3-5-10(16-2)7-12(9)13(11)15/h3,5,7,11H,4,6H2,1-2H3. The van der Waals surface area contributed by atoms with Crippen LogP contribution >= 0.6 is 0 Å². The van der Waals surface area contributed by atoms with Crippen LogP contribution in [-0.4, -0.2) is 18.7 Å². The molecule has 0 radical (unpaired) electrons. The molecule has 0 aromatic heterocycles. The SMILES string of the molecule is COc1ccc2c(c1)C(=O)C(C(C)=O)CC2. The Kier molecular flexibility index (Phi) is 2.77. The van der Waals surface area contributed by atoms with Crippen molar-refractivity contribution in [2.24, 2.45) is 5.92 Å². The molecule has 0 N–H and O–H groups in total. The van der Waals surface area contributed by atoms with Gasteiger partial charge in [-0.05, 0) is 37.5 Å². The van der Waals surface area contributed by atoms with Crippen LogP contribution in [-0.2, 0) is 11.2 Å². The first-order valence-corrected chi connectivity index (χ1v) is 5.35. The Hall–Kier alpha value is -1.64. The molecule has 0 heterocycles. The summed E-state index contributed by atoms with van der Waals surface area (Å²) in [7, 11) is 1.57. The second kappa shape index (κ2) is 4.08. The van der Waals surface area contributed by atoms with E-state index >= 15 is 0 Å². The maximum atomic E-state index is 12.0. The summed E-state index contributed by atoms with van der Waals surface area (Å²) in [6, 6.07) is 5.48. The summed E-state index contributed by atoms with van der Waals surface area (Å²) in [6.45, 7) is 1.48. The molecule has 0 amide bonds. The highest BCUT2D eigenvalue weighted by atomic mass is 16.5. The maximum absolute atomic E-state index is 12.0. The van der Waals surface area contributed by atoms with E-state index in [9.17, 15) is 9.59 Å². The predicted octanol–water partition coefficient (Wildman–Crippen LogP) is 2.03. The molecule has 1 aliphatic carbocycles. The number of carbonyl (C=O) groups is 2. The summed E-state index contributed by atoms with van der Waals surface area (Å²) < 4.78 is 5.09. The van der Waals surface area contributed by atoms with Gasteiger partial charge < -0.3 is 4.74 Å². The van der Waals surface area contributed by atoms with Crippen molar-refractivity contribution in [2.45, 2.75) is 19.8 Å². The van der Waals surface area contributed by atoms with Gasteiger partial charge in [0.05, 0.1) is 13.0 Å². The number of benzene rings is 1. The molecule has 0 saturated heterocycles. The fourth-order valence-corrected chi connectivity index (χ4v) is 2.14. The van der Waals surface area contributed by atoms with Crippen molar-refractivity contribution in [2.75, 3.05) is 7.11 Å². The highest BCUT2D eigenvalue weighted by Crippen LogP contribution is 2.28. The minimum Gasteiger partial charge on any atom is -0.497 e. The van der Waals surface area contributed by atoms with Crippen molar-refractivity contribution in [3.8, 4) is 5.75 Å². The van der Waals surface area contributed by atoms with E-state index < -0.39 is 5.92 Å². The maximum Gasteiger partial charge on any atom is 0.173 e. The van der Waals surface area contributed by atoms with E-state index in [0.29, 0.717) is 17.7 Å². The second-order valence-electron chi connectivity index (χ2n) is 4.09. The van der Waals surface area contributed by atoms with Crippen molar-refractivity contribution in [3.63, 3.8) is 0 Å². The van der Waals surface area contributed by atoms with Gasteiger partial charge in [-0.1, -0.05) is 6.07 Å². The monoisotopic (exact) mass is 218 g/mol. The number of ketones is 2. The van der Waals surface area contributed by atoms with E-state index in [4.69, 9.17) is 4.74 Å². The molecule has 84 valence electrons. The quantitative estimate of drug-likeness (QED) is 0.713. The molecule has 0 spiro atoms. The van der Waals surface area contributed by atoms with E-state index in [0.717, 1.165) is 12.0 Å². The number of methoxy groups -OCH3 is 1. The van der Waals surface area contributed by atoms with Gasteiger partial charge >= 0.3 is 0 Å². The van der Waals surface area contributed by atoms with Gasteiger partial charge in [-0.15, -0.1) is 0 Å². The van der Waals surface area contributed by atoms with Gasteiger partial charge in [0.25, 0.3) is 0 Å². The number of rotatable bonds is 2. The molecule has 3 heteroatoms. The van der Waals surface area contributed by atoms with Gasteiger partial charge in [0, 0.05) is 5.56 Å². The summed E-state index contributed by atoms with van der Waals surface area (Å²) in [6.07, 6.45) is 1.42. The molecule has 0 aliphatic heterocycles. The summed E-state index contributed by atoms with van der Waals surface area (Å²) in [4.78, 5) is 23.4. The van der Waals surface area contributed by atoms with Gasteiger partial charge in [0.1, 0.15) is 11.5 Å². The van der Waals surface area contributed by atoms with Crippen molar-refractivity contribution in [3.05, 3.63) is 29.3 Å². The predicted molar refractivity (Wildman–Crippen MR) is 59.8 cm³/mol. The van der Waals surface area contributed by atoms with E-state index in [-0.39, 0.29) is 11.6 Å². The first kappa shape index (κ1) is 10.9. The van der Waals surface area contributed by atoms with Crippen LogP contribution in [0.25, 0.3) is 0 Å². The number of carbonyl (C=O) groups excluding carboxylic acids is 2. The number of hydrogen-bond donors (Lipinski definition) is 0. The molecule has 0 bridgehead atoms. The second-order valence-corrected chi connectivity index (χ2v) is 4.09. The molecule has 1 aromatic rings. The van der Waals surface area contributed by atoms with Gasteiger partial charge in [0.2, 0.25) is 0 Å². The van der Waals surface area contributed by atoms with Crippen LogP contribution in [0.2, 0.25) is 0 Å². The Labute approximate surface area is 94.4 Å². The molecule has 1 aromatic carbocycles. The molecule has 0 fully saturated rings. The van der Waals surface area contributed by atoms with E-state index in [2.05, 4.69) is 0 Å². The van der Waals surface area contributed by atoms with Crippen LogP contribution in [0.15, 0.2) is 18.2 Å². The van der Waals surface area contributed by atoms with Gasteiger partial charge in [-0.2, -0.15) is 0 Å². The fourth-order valence-electron chi connectivity index (χ4n) is 2.14. The molecule has 1 unspecified atom stereocenters. The third kappa shape index (κ3) is 1.73. The van der Waals surface area contributed by atoms with Crippen molar-refractivity contribution >= 4 is 11.6 Å². The molecule has 16 heavy (non-hydrogen) atoms. The molecule has 1 atom stereocenters. The van der Waals surface area contributed by atoms with Crippen LogP contribution in [0.1, 0.15) is 29.3 Å². The van der Waals surface area contributed by atoms with Gasteiger partial charge in [-0.25, -0.2) is 0 Å². The van der Waals surface area contributed by atoms with Crippen molar-refractivity contribution < 1.29 is 14.3 Å². The Bertz CT molecular complexity index is 448. The van der Waals surface area contributed by atoms with Gasteiger partial charge in [-0.3, -0.25) is 9.59 Å². The van der Waals surface area contributed by atoms with Crippen LogP contribution in [0.3, 0.4) is 0 Å². The van der Waals surface area contributed by atoms with Crippen LogP contribution in [0.5, 0.6) is 5.75 Å². The van der Waals surface area contributed by atoms with E-state index in [1.165, 1.54) is 6.92 Å². The Morgan fingerprint density at radius 2 is 2.19 bits per heavy atom. The smallest absolute Gasteiger partial charge is 0.173 e. The lowest BCUT2D eigenvalue weighted by Gasteiger charge is -2.21. The molecular formula is C13H14O3. The molecule has 0 saturated carbocycles. The Morgan fingerprint density at radius 3 is 2.81 bits per heavy atom. The molecule has 2 rings (SSSR count). The van der Waals surface area contributed by atoms with E-state index in [1.54, 1.807) is 13.2 Å². The van der Waals surface area contributed by atoms with Crippen LogP contribution in [0, 0.1) is 5.92 Å². The molecule has 1 aliphatic rings. The lowest BCUT2D eigenvalue weighted by Crippen LogP contribution is -2.27. The minimum atomic E-state index is -0.459. The number of Topliss-reactive ketones (excluding diaryl/α,β-unsaturated/α-hetero) is 2.